The van der Waals surface area contributed by atoms with Crippen LogP contribution in [0.4, 0.5) is 5.82 Å². The molecule has 0 saturated heterocycles. The lowest BCUT2D eigenvalue weighted by Crippen LogP contribution is -1.99. The number of anilines is 1. The summed E-state index contributed by atoms with van der Waals surface area (Å²) in [6.07, 6.45) is 3.70. The molecule has 8 heteroatoms. The van der Waals surface area contributed by atoms with Gasteiger partial charge in [0.1, 0.15) is 29.9 Å². The Bertz CT molecular complexity index is 953. The van der Waals surface area contributed by atoms with Crippen molar-refractivity contribution < 1.29 is 4.42 Å². The van der Waals surface area contributed by atoms with Crippen LogP contribution < -0.4 is 5.73 Å². The first-order chi connectivity index (χ1) is 11.2. The second-order valence-electron chi connectivity index (χ2n) is 4.60. The highest BCUT2D eigenvalue weighted by Gasteiger charge is 2.08. The van der Waals surface area contributed by atoms with E-state index < -0.39 is 0 Å². The van der Waals surface area contributed by atoms with Crippen LogP contribution in [0.3, 0.4) is 0 Å². The Balaban J connectivity index is 1.70. The summed E-state index contributed by atoms with van der Waals surface area (Å²) in [4.78, 5) is 12.5. The molecule has 0 amide bonds. The lowest BCUT2D eigenvalue weighted by molar-refractivity contribution is 0.613. The first-order valence-corrected chi connectivity index (χ1v) is 7.62. The van der Waals surface area contributed by atoms with Crippen molar-refractivity contribution in [2.75, 3.05) is 11.5 Å². The summed E-state index contributed by atoms with van der Waals surface area (Å²) in [6.45, 7) is 0. The molecule has 0 aliphatic carbocycles. The fourth-order valence-electron chi connectivity index (χ4n) is 2.01. The fourth-order valence-corrected chi connectivity index (χ4v) is 2.84. The van der Waals surface area contributed by atoms with E-state index in [0.29, 0.717) is 28.5 Å². The Labute approximate surface area is 135 Å². The molecule has 0 unspecified atom stereocenters. The lowest BCUT2D eigenvalue weighted by atomic mass is 10.2. The van der Waals surface area contributed by atoms with Gasteiger partial charge in [-0.2, -0.15) is 10.5 Å². The maximum Gasteiger partial charge on any atom is 0.190 e. The predicted octanol–water partition coefficient (Wildman–Crippen LogP) is 2.28. The number of pyridine rings is 1. The number of hydrogen-bond acceptors (Lipinski definition) is 8. The van der Waals surface area contributed by atoms with Gasteiger partial charge in [-0.1, -0.05) is 11.8 Å². The number of hydrogen-bond donors (Lipinski definition) is 1. The third-order valence-corrected chi connectivity index (χ3v) is 3.92. The molecule has 0 bridgehead atoms. The zero-order valence-electron chi connectivity index (χ0n) is 11.9. The van der Waals surface area contributed by atoms with Gasteiger partial charge in [-0.15, -0.1) is 0 Å². The number of nitriles is 2. The van der Waals surface area contributed by atoms with Gasteiger partial charge < -0.3 is 10.2 Å². The van der Waals surface area contributed by atoms with Gasteiger partial charge >= 0.3 is 0 Å². The summed E-state index contributed by atoms with van der Waals surface area (Å²) in [5.74, 6) is 0.947. The predicted molar refractivity (Wildman–Crippen MR) is 84.3 cm³/mol. The Morgan fingerprint density at radius 2 is 2.09 bits per heavy atom. The van der Waals surface area contributed by atoms with Crippen LogP contribution in [0.5, 0.6) is 0 Å². The maximum absolute atomic E-state index is 9.03. The molecule has 0 aliphatic rings. The van der Waals surface area contributed by atoms with Gasteiger partial charge in [-0.3, -0.25) is 4.98 Å². The molecule has 3 aromatic rings. The Kier molecular flexibility index (Phi) is 4.09. The molecule has 3 heterocycles. The summed E-state index contributed by atoms with van der Waals surface area (Å²) in [5, 5.41) is 19.1. The van der Waals surface area contributed by atoms with Gasteiger partial charge in [0.25, 0.3) is 0 Å². The summed E-state index contributed by atoms with van der Waals surface area (Å²) in [7, 11) is 0. The SMILES string of the molecule is N#Cc1cc(N)nc(SCCc2cc3c(C#N)coc3cn2)n1. The fraction of sp³-hybridized carbons (Fsp3) is 0.133. The largest absolute Gasteiger partial charge is 0.461 e. The lowest BCUT2D eigenvalue weighted by Gasteiger charge is -2.02. The van der Waals surface area contributed by atoms with E-state index in [1.807, 2.05) is 12.1 Å². The molecule has 0 atom stereocenters. The van der Waals surface area contributed by atoms with Crippen molar-refractivity contribution in [2.24, 2.45) is 0 Å². The molecule has 0 fully saturated rings. The number of aryl methyl sites for hydroxylation is 1. The van der Waals surface area contributed by atoms with Crippen LogP contribution in [0.2, 0.25) is 0 Å². The van der Waals surface area contributed by atoms with Gasteiger partial charge in [0.05, 0.1) is 11.8 Å². The highest BCUT2D eigenvalue weighted by Crippen LogP contribution is 2.22. The van der Waals surface area contributed by atoms with Crippen LogP contribution in [-0.4, -0.2) is 20.7 Å². The quantitative estimate of drug-likeness (QED) is 0.572. The molecule has 3 rings (SSSR count). The van der Waals surface area contributed by atoms with Crippen molar-refractivity contribution in [3.05, 3.63) is 41.5 Å². The minimum Gasteiger partial charge on any atom is -0.461 e. The summed E-state index contributed by atoms with van der Waals surface area (Å²) < 4.78 is 5.25. The van der Waals surface area contributed by atoms with Crippen molar-refractivity contribution in [2.45, 2.75) is 11.6 Å². The topological polar surface area (TPSA) is 125 Å². The van der Waals surface area contributed by atoms with E-state index in [9.17, 15) is 0 Å². The van der Waals surface area contributed by atoms with Crippen LogP contribution in [0.1, 0.15) is 17.0 Å². The first-order valence-electron chi connectivity index (χ1n) is 6.63. The number of rotatable bonds is 4. The molecule has 23 heavy (non-hydrogen) atoms. The number of thioether (sulfide) groups is 1. The number of aromatic nitrogens is 3. The molecule has 0 saturated carbocycles. The van der Waals surface area contributed by atoms with Crippen molar-refractivity contribution in [3.8, 4) is 12.1 Å². The highest BCUT2D eigenvalue weighted by molar-refractivity contribution is 7.99. The van der Waals surface area contributed by atoms with E-state index in [4.69, 9.17) is 20.7 Å². The average Bonchev–Trinajstić information content (AvgIpc) is 2.96. The van der Waals surface area contributed by atoms with Crippen LogP contribution in [0.15, 0.2) is 34.2 Å². The van der Waals surface area contributed by atoms with Crippen molar-refractivity contribution in [1.82, 2.24) is 15.0 Å². The second-order valence-corrected chi connectivity index (χ2v) is 5.67. The van der Waals surface area contributed by atoms with Crippen LogP contribution in [0, 0.1) is 22.7 Å². The number of nitrogen functional groups attached to an aromatic ring is 1. The molecular weight excluding hydrogens is 312 g/mol. The van der Waals surface area contributed by atoms with E-state index in [0.717, 1.165) is 11.1 Å². The number of nitrogens with zero attached hydrogens (tertiary/aromatic N) is 5. The minimum atomic E-state index is 0.247. The minimum absolute atomic E-state index is 0.247. The molecule has 3 aromatic heterocycles. The van der Waals surface area contributed by atoms with Gasteiger partial charge in [0.2, 0.25) is 0 Å². The molecule has 0 aliphatic heterocycles. The van der Waals surface area contributed by atoms with Crippen molar-refractivity contribution in [1.29, 1.82) is 10.5 Å². The van der Waals surface area contributed by atoms with E-state index in [2.05, 4.69) is 21.0 Å². The molecule has 0 spiro atoms. The molecular formula is C15H10N6OS. The van der Waals surface area contributed by atoms with Crippen molar-refractivity contribution >= 4 is 28.5 Å². The Hall–Kier alpha value is -3.10. The van der Waals surface area contributed by atoms with E-state index >= 15 is 0 Å². The summed E-state index contributed by atoms with van der Waals surface area (Å²) >= 11 is 1.39. The summed E-state index contributed by atoms with van der Waals surface area (Å²) in [5.41, 5.74) is 7.81. The Morgan fingerprint density at radius 3 is 2.87 bits per heavy atom. The van der Waals surface area contributed by atoms with Gasteiger partial charge in [0.15, 0.2) is 10.7 Å². The number of furan rings is 1. The van der Waals surface area contributed by atoms with Crippen LogP contribution in [-0.2, 0) is 6.42 Å². The Morgan fingerprint density at radius 1 is 1.22 bits per heavy atom. The van der Waals surface area contributed by atoms with E-state index in [-0.39, 0.29) is 11.5 Å². The zero-order valence-corrected chi connectivity index (χ0v) is 12.7. The third kappa shape index (κ3) is 3.23. The van der Waals surface area contributed by atoms with Gasteiger partial charge in [-0.05, 0) is 12.5 Å². The number of fused-ring (bicyclic) bond motifs is 1. The molecule has 2 N–H and O–H groups in total. The zero-order chi connectivity index (χ0) is 16.2. The molecule has 0 radical (unpaired) electrons. The average molecular weight is 322 g/mol. The van der Waals surface area contributed by atoms with E-state index in [1.165, 1.54) is 24.1 Å². The maximum atomic E-state index is 9.03. The molecule has 0 aromatic carbocycles. The normalized spacial score (nSPS) is 10.3. The van der Waals surface area contributed by atoms with Crippen LogP contribution >= 0.6 is 11.8 Å². The van der Waals surface area contributed by atoms with E-state index in [1.54, 1.807) is 6.20 Å². The number of nitrogens with two attached hydrogens (primary N) is 1. The standard InChI is InChI=1S/C15H10N6OS/c16-5-9-8-22-13-7-19-10(3-12(9)13)1-2-23-15-20-11(6-17)4-14(18)21-15/h3-4,7-8H,1-2H2,(H2,18,20,21). The van der Waals surface area contributed by atoms with Gasteiger partial charge in [0, 0.05) is 22.9 Å². The molecule has 7 nitrogen and oxygen atoms in total. The highest BCUT2D eigenvalue weighted by atomic mass is 32.2. The van der Waals surface area contributed by atoms with Crippen LogP contribution in [0.25, 0.3) is 11.0 Å². The first kappa shape index (κ1) is 14.8. The van der Waals surface area contributed by atoms with Crippen molar-refractivity contribution in [3.63, 3.8) is 0 Å². The monoisotopic (exact) mass is 322 g/mol. The smallest absolute Gasteiger partial charge is 0.190 e. The molecule has 112 valence electrons. The second kappa shape index (κ2) is 6.34. The van der Waals surface area contributed by atoms with Gasteiger partial charge in [-0.25, -0.2) is 9.97 Å². The third-order valence-electron chi connectivity index (χ3n) is 3.07. The summed E-state index contributed by atoms with van der Waals surface area (Å²) in [6, 6.07) is 7.31.